The number of allylic oxidation sites excluding steroid dienone is 1. The number of aryl methyl sites for hydroxylation is 1. The van der Waals surface area contributed by atoms with Gasteiger partial charge in [-0.3, -0.25) is 9.59 Å². The fourth-order valence-electron chi connectivity index (χ4n) is 5.01. The van der Waals surface area contributed by atoms with E-state index in [-0.39, 0.29) is 30.2 Å². The Kier molecular flexibility index (Phi) is 9.07. The van der Waals surface area contributed by atoms with Crippen molar-refractivity contribution in [3.05, 3.63) is 75.3 Å². The fraction of sp³-hybridized carbons (Fsp3) is 0.464. The second-order valence-corrected chi connectivity index (χ2v) is 11.1. The van der Waals surface area contributed by atoms with Crippen LogP contribution in [0.25, 0.3) is 0 Å². The van der Waals surface area contributed by atoms with Crippen molar-refractivity contribution in [3.63, 3.8) is 0 Å². The molecule has 7 nitrogen and oxygen atoms in total. The van der Waals surface area contributed by atoms with Gasteiger partial charge >= 0.3 is 0 Å². The number of halogens is 2. The van der Waals surface area contributed by atoms with Crippen LogP contribution in [0.1, 0.15) is 36.0 Å². The summed E-state index contributed by atoms with van der Waals surface area (Å²) in [6.45, 7) is 4.90. The lowest BCUT2D eigenvalue weighted by molar-refractivity contribution is -0.126. The largest absolute Gasteiger partial charge is 0.389 e. The number of rotatable bonds is 9. The number of aliphatic hydroxyl groups excluding tert-OH is 1. The van der Waals surface area contributed by atoms with Crippen LogP contribution in [-0.4, -0.2) is 58.6 Å². The molecule has 4 rings (SSSR count). The Morgan fingerprint density at radius 1 is 1.29 bits per heavy atom. The highest BCUT2D eigenvalue weighted by molar-refractivity contribution is 7.09. The molecular weight excluding hydrogens is 510 g/mol. The third kappa shape index (κ3) is 6.92. The van der Waals surface area contributed by atoms with Crippen LogP contribution < -0.4 is 10.6 Å². The predicted molar refractivity (Wildman–Crippen MR) is 142 cm³/mol. The van der Waals surface area contributed by atoms with Crippen molar-refractivity contribution in [2.45, 2.75) is 57.8 Å². The predicted octanol–water partition coefficient (Wildman–Crippen LogP) is 3.28. The van der Waals surface area contributed by atoms with Crippen molar-refractivity contribution < 1.29 is 23.5 Å². The van der Waals surface area contributed by atoms with E-state index in [1.54, 1.807) is 24.1 Å². The van der Waals surface area contributed by atoms with Crippen molar-refractivity contribution in [3.8, 4) is 0 Å². The van der Waals surface area contributed by atoms with Crippen molar-refractivity contribution in [1.29, 1.82) is 0 Å². The summed E-state index contributed by atoms with van der Waals surface area (Å²) in [6, 6.07) is 2.19. The number of amides is 2. The zero-order chi connectivity index (χ0) is 27.4. The van der Waals surface area contributed by atoms with Crippen LogP contribution in [0, 0.1) is 30.4 Å². The molecule has 0 radical (unpaired) electrons. The van der Waals surface area contributed by atoms with Crippen LogP contribution in [0.3, 0.4) is 0 Å². The Bertz CT molecular complexity index is 1200. The first-order chi connectivity index (χ1) is 18.1. The van der Waals surface area contributed by atoms with Crippen LogP contribution in [-0.2, 0) is 22.6 Å². The number of nitrogens with zero attached hydrogens (tertiary/aromatic N) is 2. The number of hydrogen-bond donors (Lipinski definition) is 3. The molecule has 2 amide bonds. The van der Waals surface area contributed by atoms with Gasteiger partial charge in [-0.1, -0.05) is 25.2 Å². The Morgan fingerprint density at radius 2 is 2.03 bits per heavy atom. The topological polar surface area (TPSA) is 94.6 Å². The minimum absolute atomic E-state index is 0.0577. The van der Waals surface area contributed by atoms with Crippen LogP contribution in [0.15, 0.2) is 47.4 Å². The highest BCUT2D eigenvalue weighted by Crippen LogP contribution is 2.26. The first-order valence-corrected chi connectivity index (χ1v) is 13.7. The monoisotopic (exact) mass is 544 g/mol. The number of nitrogens with one attached hydrogen (secondary N) is 2. The van der Waals surface area contributed by atoms with E-state index in [1.165, 1.54) is 23.5 Å². The first kappa shape index (κ1) is 28.1. The van der Waals surface area contributed by atoms with Gasteiger partial charge < -0.3 is 20.6 Å². The number of carbonyl (C=O) groups is 2. The SMILES string of the molecule is Cc1csc(CN(C)C(=O)C2=CC(C(=O)N[C@@H](Cc3cc(F)cc(F)c3)[C@H](O)[C@H]3CCCN3)C(C)C=C2)n1. The van der Waals surface area contributed by atoms with Gasteiger partial charge in [-0.15, -0.1) is 11.3 Å². The lowest BCUT2D eigenvalue weighted by Gasteiger charge is -2.31. The average Bonchev–Trinajstić information content (AvgIpc) is 3.54. The van der Waals surface area contributed by atoms with E-state index in [0.29, 0.717) is 17.7 Å². The standard InChI is InChI=1S/C28H34F2N4O3S/c1-16-6-7-19(28(37)34(3)14-25-32-17(2)15-38-25)12-22(16)27(36)33-24(26(35)23-5-4-8-31-23)11-18-9-20(29)13-21(30)10-18/h6-7,9-10,12-13,15-16,22-24,26,31,35H,4-5,8,11,14H2,1-3H3,(H,33,36)/t16?,22?,23-,24+,26-/m1/s1. The third-order valence-electron chi connectivity index (χ3n) is 7.07. The molecular formula is C28H34F2N4O3S. The normalized spacial score (nSPS) is 22.6. The number of aromatic nitrogens is 1. The van der Waals surface area contributed by atoms with E-state index in [9.17, 15) is 23.5 Å². The van der Waals surface area contributed by atoms with E-state index in [0.717, 1.165) is 36.2 Å². The number of carbonyl (C=O) groups excluding carboxylic acids is 2. The lowest BCUT2D eigenvalue weighted by atomic mass is 9.85. The van der Waals surface area contributed by atoms with E-state index < -0.39 is 29.7 Å². The fourth-order valence-corrected chi connectivity index (χ4v) is 5.83. The number of benzene rings is 1. The van der Waals surface area contributed by atoms with Crippen molar-refractivity contribution in [2.24, 2.45) is 11.8 Å². The molecule has 2 aliphatic rings. The molecule has 1 aromatic carbocycles. The van der Waals surface area contributed by atoms with Crippen LogP contribution >= 0.6 is 11.3 Å². The number of aliphatic hydroxyl groups is 1. The maximum Gasteiger partial charge on any atom is 0.253 e. The smallest absolute Gasteiger partial charge is 0.253 e. The van der Waals surface area contributed by atoms with Gasteiger partial charge in [0.25, 0.3) is 5.91 Å². The molecule has 0 saturated carbocycles. The molecule has 5 atom stereocenters. The van der Waals surface area contributed by atoms with Gasteiger partial charge in [0.15, 0.2) is 0 Å². The second-order valence-electron chi connectivity index (χ2n) is 10.2. The minimum atomic E-state index is -0.958. The van der Waals surface area contributed by atoms with Crippen molar-refractivity contribution >= 4 is 23.2 Å². The zero-order valence-corrected chi connectivity index (χ0v) is 22.6. The molecule has 10 heteroatoms. The van der Waals surface area contributed by atoms with E-state index in [4.69, 9.17) is 0 Å². The van der Waals surface area contributed by atoms with Gasteiger partial charge in [-0.05, 0) is 56.3 Å². The Hall–Kier alpha value is -2.95. The average molecular weight is 545 g/mol. The summed E-state index contributed by atoms with van der Waals surface area (Å²) >= 11 is 1.49. The van der Waals surface area contributed by atoms with E-state index in [1.807, 2.05) is 25.3 Å². The summed E-state index contributed by atoms with van der Waals surface area (Å²) < 4.78 is 27.7. The van der Waals surface area contributed by atoms with E-state index in [2.05, 4.69) is 15.6 Å². The van der Waals surface area contributed by atoms with Crippen LogP contribution in [0.4, 0.5) is 8.78 Å². The summed E-state index contributed by atoms with van der Waals surface area (Å²) in [7, 11) is 1.69. The van der Waals surface area contributed by atoms with Gasteiger partial charge in [0, 0.05) is 35.8 Å². The highest BCUT2D eigenvalue weighted by atomic mass is 32.1. The van der Waals surface area contributed by atoms with Gasteiger partial charge in [0.1, 0.15) is 16.6 Å². The molecule has 3 N–H and O–H groups in total. The van der Waals surface area contributed by atoms with Crippen LogP contribution in [0.2, 0.25) is 0 Å². The Morgan fingerprint density at radius 3 is 2.66 bits per heavy atom. The molecule has 2 unspecified atom stereocenters. The molecule has 1 aliphatic carbocycles. The molecule has 1 aliphatic heterocycles. The van der Waals surface area contributed by atoms with Crippen molar-refractivity contribution in [1.82, 2.24) is 20.5 Å². The maximum atomic E-state index is 13.9. The lowest BCUT2D eigenvalue weighted by Crippen LogP contribution is -2.53. The summed E-state index contributed by atoms with van der Waals surface area (Å²) in [4.78, 5) is 32.6. The molecule has 0 bridgehead atoms. The van der Waals surface area contributed by atoms with Gasteiger partial charge in [-0.2, -0.15) is 0 Å². The first-order valence-electron chi connectivity index (χ1n) is 12.8. The molecule has 1 aromatic heterocycles. The Balaban J connectivity index is 1.50. The molecule has 38 heavy (non-hydrogen) atoms. The van der Waals surface area contributed by atoms with Gasteiger partial charge in [0.2, 0.25) is 5.91 Å². The van der Waals surface area contributed by atoms with E-state index >= 15 is 0 Å². The third-order valence-corrected chi connectivity index (χ3v) is 8.02. The quantitative estimate of drug-likeness (QED) is 0.451. The number of hydrogen-bond acceptors (Lipinski definition) is 6. The zero-order valence-electron chi connectivity index (χ0n) is 21.8. The Labute approximate surface area is 225 Å². The number of likely N-dealkylation sites (N-methyl/N-ethyl adjacent to an activating group) is 1. The molecule has 2 aromatic rings. The highest BCUT2D eigenvalue weighted by Gasteiger charge is 2.34. The van der Waals surface area contributed by atoms with Gasteiger partial charge in [-0.25, -0.2) is 13.8 Å². The minimum Gasteiger partial charge on any atom is -0.389 e. The molecule has 2 heterocycles. The summed E-state index contributed by atoms with van der Waals surface area (Å²) in [5.41, 5.74) is 1.64. The molecule has 204 valence electrons. The van der Waals surface area contributed by atoms with Crippen molar-refractivity contribution in [2.75, 3.05) is 13.6 Å². The molecule has 1 fully saturated rings. The summed E-state index contributed by atoms with van der Waals surface area (Å²) in [6.07, 6.45) is 5.93. The summed E-state index contributed by atoms with van der Waals surface area (Å²) in [5.74, 6) is -2.84. The molecule has 1 saturated heterocycles. The maximum absolute atomic E-state index is 13.9. The van der Waals surface area contributed by atoms with Gasteiger partial charge in [0.05, 0.1) is 24.6 Å². The number of thiazole rings is 1. The second kappa shape index (κ2) is 12.3. The van der Waals surface area contributed by atoms with Crippen LogP contribution in [0.5, 0.6) is 0 Å². The molecule has 0 spiro atoms. The summed E-state index contributed by atoms with van der Waals surface area (Å²) in [5, 5.41) is 20.0.